The van der Waals surface area contributed by atoms with Crippen LogP contribution in [0.5, 0.6) is 0 Å². The molecule has 0 spiro atoms. The Hall–Kier alpha value is -1.10. The van der Waals surface area contributed by atoms with Crippen molar-refractivity contribution in [1.29, 1.82) is 0 Å². The average Bonchev–Trinajstić information content (AvgIpc) is 2.89. The molecule has 2 heterocycles. The van der Waals surface area contributed by atoms with Gasteiger partial charge in [0.15, 0.2) is 0 Å². The number of nitrogens with zero attached hydrogens (tertiary/aromatic N) is 1. The highest BCUT2D eigenvalue weighted by molar-refractivity contribution is 5.23. The first-order chi connectivity index (χ1) is 17.9. The quantitative estimate of drug-likeness (QED) is 0.313. The smallest absolute Gasteiger partial charge is 0.0234 e. The standard InChI is InChI=1S/C28H54N8/c1-9-29-18-19-32-14-4-21-36(22-20-33-11-1)25-27-7-5-26(6-8-27)23-28-24-34-13-2-10-30-16-17-31-12-3-15-35-28/h5-8,28-35H,1-4,9-25H2. The van der Waals surface area contributed by atoms with Crippen molar-refractivity contribution in [2.24, 2.45) is 0 Å². The van der Waals surface area contributed by atoms with Crippen molar-refractivity contribution in [3.8, 4) is 0 Å². The predicted molar refractivity (Wildman–Crippen MR) is 153 cm³/mol. The van der Waals surface area contributed by atoms with Crippen LogP contribution in [0.2, 0.25) is 0 Å². The Morgan fingerprint density at radius 2 is 1.06 bits per heavy atom. The summed E-state index contributed by atoms with van der Waals surface area (Å²) in [7, 11) is 0. The van der Waals surface area contributed by atoms with E-state index in [1.54, 1.807) is 0 Å². The third kappa shape index (κ3) is 14.0. The van der Waals surface area contributed by atoms with Crippen molar-refractivity contribution in [2.75, 3.05) is 98.2 Å². The van der Waals surface area contributed by atoms with E-state index in [0.29, 0.717) is 6.04 Å². The van der Waals surface area contributed by atoms with E-state index in [1.165, 1.54) is 36.8 Å². The lowest BCUT2D eigenvalue weighted by Gasteiger charge is -2.24. The lowest BCUT2D eigenvalue weighted by Crippen LogP contribution is -2.42. The molecule has 1 atom stereocenters. The van der Waals surface area contributed by atoms with E-state index in [9.17, 15) is 0 Å². The van der Waals surface area contributed by atoms with Gasteiger partial charge in [-0.2, -0.15) is 0 Å². The van der Waals surface area contributed by atoms with Crippen molar-refractivity contribution in [3.63, 3.8) is 0 Å². The number of nitrogens with one attached hydrogen (secondary N) is 7. The Morgan fingerprint density at radius 3 is 1.72 bits per heavy atom. The van der Waals surface area contributed by atoms with Crippen molar-refractivity contribution >= 4 is 0 Å². The fourth-order valence-corrected chi connectivity index (χ4v) is 4.93. The zero-order chi connectivity index (χ0) is 24.9. The molecule has 2 saturated heterocycles. The molecule has 206 valence electrons. The highest BCUT2D eigenvalue weighted by Crippen LogP contribution is 2.10. The van der Waals surface area contributed by atoms with Crippen LogP contribution in [0.3, 0.4) is 0 Å². The van der Waals surface area contributed by atoms with E-state index in [4.69, 9.17) is 0 Å². The molecule has 2 aliphatic heterocycles. The number of benzene rings is 1. The summed E-state index contributed by atoms with van der Waals surface area (Å²) in [6, 6.07) is 9.88. The Kier molecular flexibility index (Phi) is 16.3. The van der Waals surface area contributed by atoms with Crippen molar-refractivity contribution in [1.82, 2.24) is 42.1 Å². The Balaban J connectivity index is 1.45. The third-order valence-electron chi connectivity index (χ3n) is 7.07. The van der Waals surface area contributed by atoms with Crippen molar-refractivity contribution < 1.29 is 0 Å². The summed E-state index contributed by atoms with van der Waals surface area (Å²) in [6.07, 6.45) is 5.82. The fourth-order valence-electron chi connectivity index (χ4n) is 4.93. The SMILES string of the molecule is c1cc(CN2CCCNCCNCCCNCC2)ccc1CC1CNCCCNCCNCCCN1. The van der Waals surface area contributed by atoms with Crippen LogP contribution >= 0.6 is 0 Å². The summed E-state index contributed by atoms with van der Waals surface area (Å²) >= 11 is 0. The van der Waals surface area contributed by atoms with Crippen LogP contribution in [0.4, 0.5) is 0 Å². The van der Waals surface area contributed by atoms with Gasteiger partial charge in [0.2, 0.25) is 0 Å². The van der Waals surface area contributed by atoms with E-state index in [0.717, 1.165) is 111 Å². The van der Waals surface area contributed by atoms with Gasteiger partial charge >= 0.3 is 0 Å². The minimum atomic E-state index is 0.476. The number of hydrogen-bond acceptors (Lipinski definition) is 8. The molecule has 1 aromatic carbocycles. The molecule has 3 rings (SSSR count). The Bertz CT molecular complexity index is 558. The molecule has 7 N–H and O–H groups in total. The second kappa shape index (κ2) is 19.9. The van der Waals surface area contributed by atoms with Gasteiger partial charge in [0.05, 0.1) is 0 Å². The molecular weight excluding hydrogens is 448 g/mol. The molecule has 0 amide bonds. The molecule has 0 saturated carbocycles. The predicted octanol–water partition coefficient (Wildman–Crippen LogP) is 0.115. The molecule has 0 radical (unpaired) electrons. The molecule has 8 heteroatoms. The monoisotopic (exact) mass is 502 g/mol. The van der Waals surface area contributed by atoms with Crippen LogP contribution in [0.1, 0.15) is 36.8 Å². The molecule has 1 aromatic rings. The zero-order valence-corrected chi connectivity index (χ0v) is 22.7. The Labute approximate surface area is 220 Å². The largest absolute Gasteiger partial charge is 0.315 e. The third-order valence-corrected chi connectivity index (χ3v) is 7.07. The van der Waals surface area contributed by atoms with E-state index in [2.05, 4.69) is 66.4 Å². The molecule has 0 aliphatic carbocycles. The van der Waals surface area contributed by atoms with Crippen LogP contribution in [0, 0.1) is 0 Å². The lowest BCUT2D eigenvalue weighted by atomic mass is 10.0. The van der Waals surface area contributed by atoms with Gasteiger partial charge in [0.1, 0.15) is 0 Å². The maximum Gasteiger partial charge on any atom is 0.0234 e. The van der Waals surface area contributed by atoms with Gasteiger partial charge in [-0.05, 0) is 95.6 Å². The van der Waals surface area contributed by atoms with E-state index in [1.807, 2.05) is 0 Å². The normalized spacial score (nSPS) is 24.4. The topological polar surface area (TPSA) is 87.5 Å². The molecular formula is C28H54N8. The summed E-state index contributed by atoms with van der Waals surface area (Å²) in [5.41, 5.74) is 2.85. The summed E-state index contributed by atoms with van der Waals surface area (Å²) in [6.45, 7) is 17.3. The highest BCUT2D eigenvalue weighted by Gasteiger charge is 2.11. The molecule has 2 fully saturated rings. The fraction of sp³-hybridized carbons (Fsp3) is 0.786. The van der Waals surface area contributed by atoms with Gasteiger partial charge < -0.3 is 37.2 Å². The zero-order valence-electron chi connectivity index (χ0n) is 22.7. The second-order valence-electron chi connectivity index (χ2n) is 10.3. The summed E-state index contributed by atoms with van der Waals surface area (Å²) in [4.78, 5) is 2.61. The first kappa shape index (κ1) is 29.5. The highest BCUT2D eigenvalue weighted by atomic mass is 15.1. The van der Waals surface area contributed by atoms with E-state index in [-0.39, 0.29) is 0 Å². The van der Waals surface area contributed by atoms with Crippen LogP contribution in [0.15, 0.2) is 24.3 Å². The second-order valence-corrected chi connectivity index (χ2v) is 10.3. The van der Waals surface area contributed by atoms with Crippen molar-refractivity contribution in [3.05, 3.63) is 35.4 Å². The van der Waals surface area contributed by atoms with Crippen LogP contribution in [0.25, 0.3) is 0 Å². The maximum atomic E-state index is 3.80. The van der Waals surface area contributed by atoms with Crippen LogP contribution < -0.4 is 37.2 Å². The van der Waals surface area contributed by atoms with E-state index < -0.39 is 0 Å². The first-order valence-electron chi connectivity index (χ1n) is 14.7. The molecule has 0 bridgehead atoms. The molecule has 1 unspecified atom stereocenters. The molecule has 36 heavy (non-hydrogen) atoms. The van der Waals surface area contributed by atoms with Crippen molar-refractivity contribution in [2.45, 2.75) is 44.7 Å². The molecule has 8 nitrogen and oxygen atoms in total. The maximum absolute atomic E-state index is 3.80. The van der Waals surface area contributed by atoms with E-state index >= 15 is 0 Å². The van der Waals surface area contributed by atoms with Gasteiger partial charge in [0, 0.05) is 58.4 Å². The molecule has 0 aromatic heterocycles. The number of rotatable bonds is 4. The molecule has 2 aliphatic rings. The average molecular weight is 503 g/mol. The first-order valence-corrected chi connectivity index (χ1v) is 14.7. The van der Waals surface area contributed by atoms with Crippen LogP contribution in [-0.4, -0.2) is 109 Å². The van der Waals surface area contributed by atoms with Gasteiger partial charge in [-0.25, -0.2) is 0 Å². The van der Waals surface area contributed by atoms with Gasteiger partial charge in [-0.3, -0.25) is 4.90 Å². The minimum absolute atomic E-state index is 0.476. The summed E-state index contributed by atoms with van der Waals surface area (Å²) < 4.78 is 0. The summed E-state index contributed by atoms with van der Waals surface area (Å²) in [5.74, 6) is 0. The van der Waals surface area contributed by atoms with Crippen LogP contribution in [-0.2, 0) is 13.0 Å². The number of hydrogen-bond donors (Lipinski definition) is 7. The lowest BCUT2D eigenvalue weighted by molar-refractivity contribution is 0.260. The van der Waals surface area contributed by atoms with Gasteiger partial charge in [-0.1, -0.05) is 24.3 Å². The minimum Gasteiger partial charge on any atom is -0.315 e. The van der Waals surface area contributed by atoms with Gasteiger partial charge in [0.25, 0.3) is 0 Å². The summed E-state index contributed by atoms with van der Waals surface area (Å²) in [5, 5.41) is 25.2. The Morgan fingerprint density at radius 1 is 0.528 bits per heavy atom. The van der Waals surface area contributed by atoms with Gasteiger partial charge in [-0.15, -0.1) is 0 Å².